The Bertz CT molecular complexity index is 115. The Kier molecular flexibility index (Phi) is 7.88. The second kappa shape index (κ2) is 9.13. The molecule has 0 radical (unpaired) electrons. The molecule has 2 aliphatic heterocycles. The zero-order valence-electron chi connectivity index (χ0n) is 10.0. The Balaban J connectivity index is 0.000000162. The van der Waals surface area contributed by atoms with Gasteiger partial charge in [0.15, 0.2) is 0 Å². The van der Waals surface area contributed by atoms with Gasteiger partial charge in [0.25, 0.3) is 0 Å². The fourth-order valence-corrected chi connectivity index (χ4v) is 2.17. The molecule has 90 valence electrons. The lowest BCUT2D eigenvalue weighted by molar-refractivity contribution is 0.235. The van der Waals surface area contributed by atoms with E-state index >= 15 is 0 Å². The topological polar surface area (TPSA) is 41.3 Å². The van der Waals surface area contributed by atoms with Gasteiger partial charge in [-0.1, -0.05) is 12.8 Å². The molecule has 3 heteroatoms. The molecule has 0 aliphatic carbocycles. The summed E-state index contributed by atoms with van der Waals surface area (Å²) in [6, 6.07) is 0. The monoisotopic (exact) mass is 213 g/mol. The predicted molar refractivity (Wildman–Crippen MR) is 66.1 cm³/mol. The molecular weight excluding hydrogens is 186 g/mol. The van der Waals surface area contributed by atoms with E-state index in [2.05, 4.69) is 10.2 Å². The Morgan fingerprint density at radius 3 is 1.87 bits per heavy atom. The average molecular weight is 213 g/mol. The number of hydrogen-bond donors (Lipinski definition) is 2. The number of piperidine rings is 2. The number of rotatable bonds is 2. The molecule has 0 saturated carbocycles. The van der Waals surface area contributed by atoms with Crippen molar-refractivity contribution in [2.75, 3.05) is 39.3 Å². The zero-order valence-corrected chi connectivity index (χ0v) is 10.0. The van der Waals surface area contributed by atoms with Crippen LogP contribution in [0.1, 0.15) is 38.5 Å². The summed E-state index contributed by atoms with van der Waals surface area (Å²) in [6.45, 7) is 6.97. The number of nitrogens with one attached hydrogen (secondary N) is 1. The molecule has 2 rings (SSSR count). The minimum atomic E-state index is 0.819. The van der Waals surface area contributed by atoms with E-state index in [1.165, 1.54) is 64.7 Å². The average Bonchev–Trinajstić information content (AvgIpc) is 2.34. The fourth-order valence-electron chi connectivity index (χ4n) is 2.17. The van der Waals surface area contributed by atoms with Gasteiger partial charge in [-0.25, -0.2) is 0 Å². The molecule has 0 bridgehead atoms. The molecule has 2 heterocycles. The standard InChI is InChI=1S/C7H16N2.C5H11N/c8-4-7-9-5-2-1-3-6-9;1-2-4-6-5-3-1/h1-8H2;6H,1-5H2. The van der Waals surface area contributed by atoms with E-state index < -0.39 is 0 Å². The predicted octanol–water partition coefficient (Wildman–Crippen LogP) is 1.19. The maximum atomic E-state index is 5.42. The Hall–Kier alpha value is -0.120. The second-order valence-electron chi connectivity index (χ2n) is 4.50. The molecule has 0 unspecified atom stereocenters. The minimum Gasteiger partial charge on any atom is -0.329 e. The molecule has 2 fully saturated rings. The van der Waals surface area contributed by atoms with Crippen LogP contribution in [0.25, 0.3) is 0 Å². The molecule has 0 aromatic rings. The van der Waals surface area contributed by atoms with Gasteiger partial charge in [0, 0.05) is 13.1 Å². The van der Waals surface area contributed by atoms with E-state index in [1.807, 2.05) is 0 Å². The summed E-state index contributed by atoms with van der Waals surface area (Å²) >= 11 is 0. The van der Waals surface area contributed by atoms with Crippen LogP contribution in [0.3, 0.4) is 0 Å². The molecule has 15 heavy (non-hydrogen) atoms. The molecule has 2 aliphatic rings. The first-order valence-corrected chi connectivity index (χ1v) is 6.56. The van der Waals surface area contributed by atoms with Crippen LogP contribution in [0.15, 0.2) is 0 Å². The zero-order chi connectivity index (χ0) is 10.8. The molecular formula is C12H27N3. The lowest BCUT2D eigenvalue weighted by Crippen LogP contribution is -2.33. The van der Waals surface area contributed by atoms with Crippen molar-refractivity contribution in [1.82, 2.24) is 10.2 Å². The number of likely N-dealkylation sites (tertiary alicyclic amines) is 1. The highest BCUT2D eigenvalue weighted by Gasteiger charge is 2.07. The fraction of sp³-hybridized carbons (Fsp3) is 1.00. The van der Waals surface area contributed by atoms with Crippen LogP contribution in [-0.2, 0) is 0 Å². The van der Waals surface area contributed by atoms with Crippen LogP contribution in [0.5, 0.6) is 0 Å². The first kappa shape index (κ1) is 12.9. The van der Waals surface area contributed by atoms with Gasteiger partial charge in [-0.2, -0.15) is 0 Å². The molecule has 0 aromatic carbocycles. The maximum absolute atomic E-state index is 5.42. The maximum Gasteiger partial charge on any atom is 0.0105 e. The van der Waals surface area contributed by atoms with Gasteiger partial charge >= 0.3 is 0 Å². The van der Waals surface area contributed by atoms with E-state index in [-0.39, 0.29) is 0 Å². The van der Waals surface area contributed by atoms with Gasteiger partial charge in [-0.05, 0) is 51.9 Å². The molecule has 2 saturated heterocycles. The smallest absolute Gasteiger partial charge is 0.0105 e. The molecule has 0 aromatic heterocycles. The highest BCUT2D eigenvalue weighted by atomic mass is 15.1. The summed E-state index contributed by atoms with van der Waals surface area (Å²) in [6.07, 6.45) is 8.38. The third kappa shape index (κ3) is 6.88. The molecule has 0 spiro atoms. The normalized spacial score (nSPS) is 23.0. The number of nitrogens with two attached hydrogens (primary N) is 1. The lowest BCUT2D eigenvalue weighted by atomic mass is 10.1. The molecule has 3 N–H and O–H groups in total. The highest BCUT2D eigenvalue weighted by molar-refractivity contribution is 4.63. The van der Waals surface area contributed by atoms with E-state index in [4.69, 9.17) is 5.73 Å². The quantitative estimate of drug-likeness (QED) is 0.724. The van der Waals surface area contributed by atoms with Crippen LogP contribution in [0.2, 0.25) is 0 Å². The number of hydrogen-bond acceptors (Lipinski definition) is 3. The highest BCUT2D eigenvalue weighted by Crippen LogP contribution is 2.06. The second-order valence-corrected chi connectivity index (χ2v) is 4.50. The van der Waals surface area contributed by atoms with Gasteiger partial charge in [-0.15, -0.1) is 0 Å². The van der Waals surface area contributed by atoms with Gasteiger partial charge < -0.3 is 16.0 Å². The third-order valence-electron chi connectivity index (χ3n) is 3.10. The SMILES string of the molecule is C1CCNCC1.NCCN1CCCCC1. The van der Waals surface area contributed by atoms with E-state index in [9.17, 15) is 0 Å². The molecule has 0 amide bonds. The Morgan fingerprint density at radius 2 is 1.47 bits per heavy atom. The van der Waals surface area contributed by atoms with Gasteiger partial charge in [0.1, 0.15) is 0 Å². The summed E-state index contributed by atoms with van der Waals surface area (Å²) in [5, 5.41) is 3.28. The largest absolute Gasteiger partial charge is 0.329 e. The van der Waals surface area contributed by atoms with Crippen molar-refractivity contribution in [3.05, 3.63) is 0 Å². The first-order valence-electron chi connectivity index (χ1n) is 6.56. The van der Waals surface area contributed by atoms with Crippen LogP contribution < -0.4 is 11.1 Å². The van der Waals surface area contributed by atoms with Crippen molar-refractivity contribution in [3.8, 4) is 0 Å². The van der Waals surface area contributed by atoms with Gasteiger partial charge in [0.2, 0.25) is 0 Å². The Labute approximate surface area is 94.4 Å². The van der Waals surface area contributed by atoms with Crippen LogP contribution in [0, 0.1) is 0 Å². The van der Waals surface area contributed by atoms with Crippen molar-refractivity contribution in [2.45, 2.75) is 38.5 Å². The lowest BCUT2D eigenvalue weighted by Gasteiger charge is -2.25. The van der Waals surface area contributed by atoms with Crippen LogP contribution >= 0.6 is 0 Å². The van der Waals surface area contributed by atoms with E-state index in [1.54, 1.807) is 0 Å². The van der Waals surface area contributed by atoms with E-state index in [0.717, 1.165) is 13.1 Å². The third-order valence-corrected chi connectivity index (χ3v) is 3.10. The van der Waals surface area contributed by atoms with E-state index in [0.29, 0.717) is 0 Å². The van der Waals surface area contributed by atoms with Crippen molar-refractivity contribution in [1.29, 1.82) is 0 Å². The van der Waals surface area contributed by atoms with Gasteiger partial charge in [0.05, 0.1) is 0 Å². The minimum absolute atomic E-state index is 0.819. The molecule has 3 nitrogen and oxygen atoms in total. The summed E-state index contributed by atoms with van der Waals surface area (Å²) < 4.78 is 0. The first-order chi connectivity index (χ1) is 7.43. The summed E-state index contributed by atoms with van der Waals surface area (Å²) in [7, 11) is 0. The summed E-state index contributed by atoms with van der Waals surface area (Å²) in [5.74, 6) is 0. The van der Waals surface area contributed by atoms with Crippen molar-refractivity contribution in [3.63, 3.8) is 0 Å². The summed E-state index contributed by atoms with van der Waals surface area (Å²) in [4.78, 5) is 2.45. The van der Waals surface area contributed by atoms with Crippen molar-refractivity contribution >= 4 is 0 Å². The summed E-state index contributed by atoms with van der Waals surface area (Å²) in [5.41, 5.74) is 5.42. The number of nitrogens with zero attached hydrogens (tertiary/aromatic N) is 1. The van der Waals surface area contributed by atoms with Gasteiger partial charge in [-0.3, -0.25) is 0 Å². The molecule has 0 atom stereocenters. The van der Waals surface area contributed by atoms with Crippen LogP contribution in [0.4, 0.5) is 0 Å². The van der Waals surface area contributed by atoms with Crippen molar-refractivity contribution in [2.24, 2.45) is 5.73 Å². The van der Waals surface area contributed by atoms with Crippen LogP contribution in [-0.4, -0.2) is 44.2 Å². The Morgan fingerprint density at radius 1 is 0.867 bits per heavy atom. The van der Waals surface area contributed by atoms with Crippen molar-refractivity contribution < 1.29 is 0 Å².